The van der Waals surface area contributed by atoms with E-state index in [1.165, 1.54) is 9.37 Å². The van der Waals surface area contributed by atoms with Gasteiger partial charge in [0.1, 0.15) is 5.69 Å². The Hall–Kier alpha value is -3.58. The van der Waals surface area contributed by atoms with Crippen molar-refractivity contribution < 1.29 is 27.8 Å². The number of carbonyl (C=O) groups excluding carboxylic acids is 2. The highest BCUT2D eigenvalue weighted by Crippen LogP contribution is 2.31. The molecule has 0 bridgehead atoms. The van der Waals surface area contributed by atoms with Gasteiger partial charge in [0.15, 0.2) is 0 Å². The lowest BCUT2D eigenvalue weighted by Crippen LogP contribution is -2.69. The number of amidine groups is 1. The highest BCUT2D eigenvalue weighted by atomic mass is 32.2. The van der Waals surface area contributed by atoms with Crippen molar-refractivity contribution in [1.29, 1.82) is 0 Å². The van der Waals surface area contributed by atoms with Gasteiger partial charge in [-0.1, -0.05) is 31.2 Å². The summed E-state index contributed by atoms with van der Waals surface area (Å²) in [6.45, 7) is 7.65. The second-order valence-electron chi connectivity index (χ2n) is 11.6. The van der Waals surface area contributed by atoms with Crippen LogP contribution in [0, 0.1) is 11.8 Å². The quantitative estimate of drug-likeness (QED) is 0.275. The third-order valence-electron chi connectivity index (χ3n) is 8.28. The Kier molecular flexibility index (Phi) is 10.1. The number of nitrogens with one attached hydrogen (secondary N) is 3. The van der Waals surface area contributed by atoms with Gasteiger partial charge >= 0.3 is 0 Å². The lowest BCUT2D eigenvalue weighted by Gasteiger charge is -2.38. The monoisotopic (exact) mass is 623 g/mol. The van der Waals surface area contributed by atoms with Gasteiger partial charge in [-0.25, -0.2) is 18.5 Å². The number of nitrogens with two attached hydrogens (primary N) is 1. The third-order valence-corrected chi connectivity index (χ3v) is 10.1. The van der Waals surface area contributed by atoms with Crippen molar-refractivity contribution in [1.82, 2.24) is 20.0 Å². The molecule has 0 aliphatic carbocycles. The van der Waals surface area contributed by atoms with Gasteiger partial charge in [-0.05, 0) is 74.7 Å². The molecule has 12 heteroatoms. The van der Waals surface area contributed by atoms with Crippen LogP contribution in [0.15, 0.2) is 52.9 Å². The van der Waals surface area contributed by atoms with Gasteiger partial charge in [0.2, 0.25) is 21.8 Å². The summed E-state index contributed by atoms with van der Waals surface area (Å²) in [6.07, 6.45) is 4.51. The standard InChI is InChI=1S/C32H42N6O5S/c1-3-14-38(43-4-2)32(40)27-15-26-9-8-25(17-29(26)36-30(33)18-27)24-6-5-7-28(16-24)44(41,42)37-20-22(21-37)19-35-31(39)23-10-12-34-13-11-23/h5-9,15-17,22-23,34H,3-4,10-14,18-21H2,1-2H3,(H2,33,36)(H,35,39)/p+1. The van der Waals surface area contributed by atoms with E-state index in [2.05, 4.69) is 15.6 Å². The molecule has 0 spiro atoms. The second kappa shape index (κ2) is 14.0. The lowest BCUT2D eigenvalue weighted by atomic mass is 9.96. The maximum absolute atomic E-state index is 13.4. The van der Waals surface area contributed by atoms with Crippen LogP contribution in [0.5, 0.6) is 0 Å². The van der Waals surface area contributed by atoms with E-state index in [4.69, 9.17) is 10.6 Å². The Morgan fingerprint density at radius 3 is 2.59 bits per heavy atom. The molecule has 44 heavy (non-hydrogen) atoms. The van der Waals surface area contributed by atoms with Crippen LogP contribution < -0.4 is 21.4 Å². The van der Waals surface area contributed by atoms with Crippen molar-refractivity contribution in [3.05, 3.63) is 53.6 Å². The van der Waals surface area contributed by atoms with Crippen molar-refractivity contribution in [3.8, 4) is 11.1 Å². The fourth-order valence-corrected chi connectivity index (χ4v) is 7.46. The number of sulfonamides is 1. The molecular formula is C32H43N6O5S+. The predicted octanol–water partition coefficient (Wildman–Crippen LogP) is 1.14. The predicted molar refractivity (Wildman–Crippen MR) is 169 cm³/mol. The molecule has 0 unspecified atom stereocenters. The summed E-state index contributed by atoms with van der Waals surface area (Å²) in [7, 11) is -3.68. The van der Waals surface area contributed by atoms with E-state index < -0.39 is 10.0 Å². The molecule has 3 aliphatic heterocycles. The molecule has 11 nitrogen and oxygen atoms in total. The number of nitrogens with zero attached hydrogens (tertiary/aromatic N) is 2. The molecule has 236 valence electrons. The Labute approximate surface area is 259 Å². The lowest BCUT2D eigenvalue weighted by molar-refractivity contribution is -0.356. The van der Waals surface area contributed by atoms with E-state index in [0.29, 0.717) is 44.2 Å². The van der Waals surface area contributed by atoms with Gasteiger partial charge in [0.25, 0.3) is 5.91 Å². The second-order valence-corrected chi connectivity index (χ2v) is 13.5. The summed E-state index contributed by atoms with van der Waals surface area (Å²) in [5, 5.41) is 7.66. The van der Waals surface area contributed by atoms with Crippen molar-refractivity contribution in [2.24, 2.45) is 17.6 Å². The molecule has 0 atom stereocenters. The molecule has 2 saturated heterocycles. The highest BCUT2D eigenvalue weighted by molar-refractivity contribution is 7.89. The minimum Gasteiger partial charge on any atom is -0.355 e. The molecular weight excluding hydrogens is 580 g/mol. The number of amides is 2. The molecule has 0 aromatic heterocycles. The van der Waals surface area contributed by atoms with E-state index >= 15 is 0 Å². The number of fused-ring (bicyclic) bond motifs is 1. The number of hydrogen-bond donors (Lipinski definition) is 4. The zero-order valence-electron chi connectivity index (χ0n) is 25.5. The largest absolute Gasteiger partial charge is 0.355 e. The first kappa shape index (κ1) is 31.8. The van der Waals surface area contributed by atoms with E-state index in [-0.39, 0.29) is 35.0 Å². The van der Waals surface area contributed by atoms with Crippen LogP contribution in [-0.4, -0.2) is 81.3 Å². The molecule has 5 N–H and O–H groups in total. The van der Waals surface area contributed by atoms with E-state index in [1.54, 1.807) is 18.2 Å². The van der Waals surface area contributed by atoms with Crippen LogP contribution in [0.25, 0.3) is 17.2 Å². The van der Waals surface area contributed by atoms with Crippen molar-refractivity contribution in [2.45, 2.75) is 44.4 Å². The highest BCUT2D eigenvalue weighted by Gasteiger charge is 2.37. The molecule has 0 radical (unpaired) electrons. The van der Waals surface area contributed by atoms with Gasteiger partial charge < -0.3 is 10.6 Å². The molecule has 3 heterocycles. The van der Waals surface area contributed by atoms with Crippen LogP contribution in [0.2, 0.25) is 0 Å². The smallest absolute Gasteiger partial charge is 0.274 e. The topological polar surface area (TPSA) is 148 Å². The van der Waals surface area contributed by atoms with E-state index in [9.17, 15) is 18.0 Å². The van der Waals surface area contributed by atoms with Crippen LogP contribution in [0.4, 0.5) is 5.69 Å². The van der Waals surface area contributed by atoms with Gasteiger partial charge in [-0.15, -0.1) is 0 Å². The summed E-state index contributed by atoms with van der Waals surface area (Å²) >= 11 is 0. The van der Waals surface area contributed by atoms with Crippen molar-refractivity contribution >= 4 is 39.4 Å². The van der Waals surface area contributed by atoms with Gasteiger partial charge in [-0.2, -0.15) is 4.31 Å². The maximum Gasteiger partial charge on any atom is 0.274 e. The first-order valence-corrected chi connectivity index (χ1v) is 16.9. The fraction of sp³-hybridized carbons (Fsp3) is 0.469. The first-order valence-electron chi connectivity index (χ1n) is 15.5. The summed E-state index contributed by atoms with van der Waals surface area (Å²) in [4.78, 5) is 34.7. The number of hydrogen-bond acceptors (Lipinski definition) is 7. The molecule has 2 amide bonds. The molecule has 0 saturated carbocycles. The summed E-state index contributed by atoms with van der Waals surface area (Å²) in [5.74, 6) is 0.420. The first-order chi connectivity index (χ1) is 21.2. The van der Waals surface area contributed by atoms with E-state index in [0.717, 1.165) is 54.7 Å². The summed E-state index contributed by atoms with van der Waals surface area (Å²) < 4.78 is 28.4. The SMILES string of the molecule is CCCN(OCC)C(=O)C1=Cc2ccc(-c3cccc(S(=O)(=O)N4CC(CNC(=O)C5CCNCC5)C4)c3)cc2[NH+]=C(N)C1. The number of benzene rings is 2. The van der Waals surface area contributed by atoms with Gasteiger partial charge in [0.05, 0.1) is 17.9 Å². The Balaban J connectivity index is 1.27. The number of piperidine rings is 1. The zero-order chi connectivity index (χ0) is 31.3. The molecule has 2 aromatic carbocycles. The minimum atomic E-state index is -3.68. The molecule has 5 rings (SSSR count). The Bertz CT molecular complexity index is 1540. The number of hydroxylamine groups is 2. The summed E-state index contributed by atoms with van der Waals surface area (Å²) in [6, 6.07) is 12.6. The van der Waals surface area contributed by atoms with Crippen LogP contribution in [0.3, 0.4) is 0 Å². The average molecular weight is 624 g/mol. The Morgan fingerprint density at radius 2 is 1.86 bits per heavy atom. The van der Waals surface area contributed by atoms with Gasteiger partial charge in [0, 0.05) is 49.2 Å². The molecule has 3 aliphatic rings. The minimum absolute atomic E-state index is 0.0357. The Morgan fingerprint density at radius 1 is 1.11 bits per heavy atom. The number of carbonyl (C=O) groups is 2. The maximum atomic E-state index is 13.4. The van der Waals surface area contributed by atoms with Crippen LogP contribution >= 0.6 is 0 Å². The van der Waals surface area contributed by atoms with E-state index in [1.807, 2.05) is 44.2 Å². The van der Waals surface area contributed by atoms with Crippen LogP contribution in [0.1, 0.15) is 45.1 Å². The van der Waals surface area contributed by atoms with Crippen molar-refractivity contribution in [3.63, 3.8) is 0 Å². The normalized spacial score (nSPS) is 18.0. The molecule has 2 aromatic rings. The zero-order valence-corrected chi connectivity index (χ0v) is 26.3. The van der Waals surface area contributed by atoms with Crippen molar-refractivity contribution in [2.75, 3.05) is 45.9 Å². The average Bonchev–Trinajstić information content (AvgIpc) is 3.17. The number of rotatable bonds is 11. The fourth-order valence-electron chi connectivity index (χ4n) is 5.82. The third kappa shape index (κ3) is 7.20. The molecule has 2 fully saturated rings. The van der Waals surface area contributed by atoms with Crippen LogP contribution in [-0.2, 0) is 24.4 Å². The summed E-state index contributed by atoms with van der Waals surface area (Å²) in [5.41, 5.74) is 9.89. The van der Waals surface area contributed by atoms with Gasteiger partial charge in [-0.3, -0.25) is 20.2 Å².